The molecule has 3 rings (SSSR count). The van der Waals surface area contributed by atoms with Crippen molar-refractivity contribution in [3.05, 3.63) is 0 Å². The first-order valence-electron chi connectivity index (χ1n) is 9.70. The highest BCUT2D eigenvalue weighted by Gasteiger charge is 2.44. The quantitative estimate of drug-likeness (QED) is 0.847. The van der Waals surface area contributed by atoms with E-state index in [2.05, 4.69) is 24.1 Å². The van der Waals surface area contributed by atoms with Crippen molar-refractivity contribution in [1.82, 2.24) is 15.1 Å². The maximum Gasteiger partial charge on any atom is 0.410 e. The molecule has 1 amide bonds. The van der Waals surface area contributed by atoms with Crippen LogP contribution in [-0.2, 0) is 4.74 Å². The summed E-state index contributed by atoms with van der Waals surface area (Å²) < 4.78 is 5.51. The zero-order valence-corrected chi connectivity index (χ0v) is 16.5. The zero-order chi connectivity index (χ0) is 18.2. The lowest BCUT2D eigenvalue weighted by molar-refractivity contribution is 0.0137. The molecule has 0 aromatic heterocycles. The number of carbonyl (C=O) groups excluding carboxylic acids is 1. The number of ether oxygens (including phenoxy) is 1. The average molecular weight is 351 g/mol. The van der Waals surface area contributed by atoms with Crippen molar-refractivity contribution in [3.63, 3.8) is 0 Å². The second kappa shape index (κ2) is 6.69. The third kappa shape index (κ3) is 4.59. The number of nitrogens with zero attached hydrogens (tertiary/aromatic N) is 3. The van der Waals surface area contributed by atoms with Gasteiger partial charge in [0.1, 0.15) is 5.60 Å². The Kier molecular flexibility index (Phi) is 4.91. The van der Waals surface area contributed by atoms with Crippen LogP contribution < -0.4 is 5.32 Å². The van der Waals surface area contributed by atoms with Crippen molar-refractivity contribution in [2.75, 3.05) is 32.7 Å². The number of fused-ring (bicyclic) bond motifs is 1. The number of carbonyl (C=O) groups is 1. The van der Waals surface area contributed by atoms with Gasteiger partial charge in [-0.2, -0.15) is 0 Å². The molecular formula is C19H34N4O2. The number of amides is 1. The number of piperazine rings is 1. The third-order valence-corrected chi connectivity index (χ3v) is 5.28. The molecule has 142 valence electrons. The number of nitrogens with one attached hydrogen (secondary N) is 1. The highest BCUT2D eigenvalue weighted by Crippen LogP contribution is 2.50. The van der Waals surface area contributed by atoms with Crippen molar-refractivity contribution in [1.29, 1.82) is 0 Å². The number of guanidine groups is 1. The third-order valence-electron chi connectivity index (χ3n) is 5.28. The number of hydrogen-bond donors (Lipinski definition) is 1. The standard InChI is InChI=1S/C19H34N4O2/c1-14(2)10-19(6-7-19)13-21-16-20-11-15-12-22(8-9-23(15)16)17(24)25-18(3,4)5/h14-15H,6-13H2,1-5H3,(H,20,21). The minimum atomic E-state index is -0.442. The smallest absolute Gasteiger partial charge is 0.410 e. The topological polar surface area (TPSA) is 57.2 Å². The molecule has 2 fully saturated rings. The molecule has 1 saturated heterocycles. The van der Waals surface area contributed by atoms with Crippen LogP contribution in [0.2, 0.25) is 0 Å². The summed E-state index contributed by atoms with van der Waals surface area (Å²) in [5.41, 5.74) is 0.0508. The highest BCUT2D eigenvalue weighted by atomic mass is 16.6. The first kappa shape index (κ1) is 18.3. The summed E-state index contributed by atoms with van der Waals surface area (Å²) in [5.74, 6) is 1.78. The molecule has 3 aliphatic rings. The molecule has 6 heteroatoms. The summed E-state index contributed by atoms with van der Waals surface area (Å²) in [6.45, 7) is 14.4. The molecule has 1 aliphatic carbocycles. The Morgan fingerprint density at radius 2 is 2.08 bits per heavy atom. The Bertz CT molecular complexity index is 534. The molecule has 2 aliphatic heterocycles. The molecule has 0 bridgehead atoms. The van der Waals surface area contributed by atoms with E-state index in [0.717, 1.165) is 31.5 Å². The molecule has 0 aromatic rings. The molecule has 6 nitrogen and oxygen atoms in total. The Morgan fingerprint density at radius 3 is 2.68 bits per heavy atom. The molecule has 0 aromatic carbocycles. The van der Waals surface area contributed by atoms with E-state index in [4.69, 9.17) is 9.73 Å². The SMILES string of the molecule is CC(C)CC1(CNC2=NCC3CN(C(=O)OC(C)(C)C)CCN23)CC1. The van der Waals surface area contributed by atoms with Gasteiger partial charge in [0.25, 0.3) is 0 Å². The highest BCUT2D eigenvalue weighted by molar-refractivity contribution is 5.82. The van der Waals surface area contributed by atoms with Gasteiger partial charge >= 0.3 is 6.09 Å². The fourth-order valence-corrected chi connectivity index (χ4v) is 3.99. The second-order valence-corrected chi connectivity index (χ2v) is 9.39. The number of aliphatic imine (C=N–C) groups is 1. The molecule has 1 N–H and O–H groups in total. The van der Waals surface area contributed by atoms with E-state index in [1.54, 1.807) is 0 Å². The minimum absolute atomic E-state index is 0.206. The number of hydrogen-bond acceptors (Lipinski definition) is 5. The largest absolute Gasteiger partial charge is 0.444 e. The van der Waals surface area contributed by atoms with Crippen molar-refractivity contribution in [2.45, 2.75) is 65.5 Å². The zero-order valence-electron chi connectivity index (χ0n) is 16.5. The number of rotatable bonds is 4. The van der Waals surface area contributed by atoms with Gasteiger partial charge in [0.2, 0.25) is 0 Å². The molecule has 0 spiro atoms. The molecule has 0 radical (unpaired) electrons. The maximum atomic E-state index is 12.3. The molecule has 2 heterocycles. The van der Waals surface area contributed by atoms with Gasteiger partial charge in [-0.15, -0.1) is 0 Å². The monoisotopic (exact) mass is 350 g/mol. The van der Waals surface area contributed by atoms with Gasteiger partial charge in [0.15, 0.2) is 5.96 Å². The fourth-order valence-electron chi connectivity index (χ4n) is 3.99. The Hall–Kier alpha value is -1.46. The van der Waals surface area contributed by atoms with Crippen LogP contribution in [0.1, 0.15) is 53.9 Å². The van der Waals surface area contributed by atoms with Crippen LogP contribution in [0.15, 0.2) is 4.99 Å². The van der Waals surface area contributed by atoms with Gasteiger partial charge in [0.05, 0.1) is 12.6 Å². The molecule has 1 atom stereocenters. The van der Waals surface area contributed by atoms with Gasteiger partial charge in [-0.3, -0.25) is 4.99 Å². The van der Waals surface area contributed by atoms with E-state index in [0.29, 0.717) is 18.5 Å². The van der Waals surface area contributed by atoms with Crippen LogP contribution >= 0.6 is 0 Å². The molecule has 25 heavy (non-hydrogen) atoms. The van der Waals surface area contributed by atoms with E-state index < -0.39 is 5.60 Å². The van der Waals surface area contributed by atoms with Gasteiger partial charge in [-0.25, -0.2) is 4.79 Å². The van der Waals surface area contributed by atoms with Gasteiger partial charge in [-0.05, 0) is 51.4 Å². The predicted molar refractivity (Wildman–Crippen MR) is 99.7 cm³/mol. The molecule has 1 unspecified atom stereocenters. The van der Waals surface area contributed by atoms with Crippen LogP contribution in [-0.4, -0.2) is 66.2 Å². The van der Waals surface area contributed by atoms with Crippen LogP contribution in [0, 0.1) is 11.3 Å². The summed E-state index contributed by atoms with van der Waals surface area (Å²) in [6, 6.07) is 0.282. The van der Waals surface area contributed by atoms with Crippen molar-refractivity contribution >= 4 is 12.1 Å². The van der Waals surface area contributed by atoms with Crippen molar-refractivity contribution in [2.24, 2.45) is 16.3 Å². The minimum Gasteiger partial charge on any atom is -0.444 e. The lowest BCUT2D eigenvalue weighted by Gasteiger charge is -2.39. The van der Waals surface area contributed by atoms with Crippen LogP contribution in [0.3, 0.4) is 0 Å². The van der Waals surface area contributed by atoms with E-state index in [1.807, 2.05) is 25.7 Å². The maximum absolute atomic E-state index is 12.3. The summed E-state index contributed by atoms with van der Waals surface area (Å²) in [7, 11) is 0. The van der Waals surface area contributed by atoms with Gasteiger partial charge in [-0.1, -0.05) is 13.8 Å². The molecular weight excluding hydrogens is 316 g/mol. The summed E-state index contributed by atoms with van der Waals surface area (Å²) >= 11 is 0. The summed E-state index contributed by atoms with van der Waals surface area (Å²) in [6.07, 6.45) is 3.76. The Labute approximate surface area is 152 Å². The summed E-state index contributed by atoms with van der Waals surface area (Å²) in [5, 5.41) is 3.61. The lowest BCUT2D eigenvalue weighted by Crippen LogP contribution is -2.57. The Balaban J connectivity index is 1.48. The molecule has 1 saturated carbocycles. The van der Waals surface area contributed by atoms with Crippen LogP contribution in [0.25, 0.3) is 0 Å². The van der Waals surface area contributed by atoms with Crippen LogP contribution in [0.4, 0.5) is 4.79 Å². The second-order valence-electron chi connectivity index (χ2n) is 9.39. The lowest BCUT2D eigenvalue weighted by atomic mass is 9.94. The average Bonchev–Trinajstić information content (AvgIpc) is 3.12. The van der Waals surface area contributed by atoms with E-state index in [1.165, 1.54) is 19.3 Å². The van der Waals surface area contributed by atoms with E-state index >= 15 is 0 Å². The Morgan fingerprint density at radius 1 is 1.36 bits per heavy atom. The first-order valence-corrected chi connectivity index (χ1v) is 9.70. The fraction of sp³-hybridized carbons (Fsp3) is 0.895. The van der Waals surface area contributed by atoms with Crippen LogP contribution in [0.5, 0.6) is 0 Å². The normalized spacial score (nSPS) is 24.9. The summed E-state index contributed by atoms with van der Waals surface area (Å²) in [4.78, 5) is 21.2. The van der Waals surface area contributed by atoms with Crippen molar-refractivity contribution < 1.29 is 9.53 Å². The van der Waals surface area contributed by atoms with Gasteiger partial charge in [0, 0.05) is 26.2 Å². The van der Waals surface area contributed by atoms with E-state index in [-0.39, 0.29) is 12.1 Å². The van der Waals surface area contributed by atoms with Gasteiger partial charge < -0.3 is 19.9 Å². The predicted octanol–water partition coefficient (Wildman–Crippen LogP) is 2.69. The van der Waals surface area contributed by atoms with E-state index in [9.17, 15) is 4.79 Å². The van der Waals surface area contributed by atoms with Crippen molar-refractivity contribution in [3.8, 4) is 0 Å². The first-order chi connectivity index (χ1) is 11.7.